The van der Waals surface area contributed by atoms with Gasteiger partial charge in [-0.2, -0.15) is 0 Å². The number of hydrogen-bond donors (Lipinski definition) is 1. The first-order chi connectivity index (χ1) is 7.31. The standard InChI is InChI=1S/C12H18N2O/c1-10-3-4-11-12(9-10)14(6-5-13-11)7-8-15-2/h3-4,9,13H,5-8H2,1-2H3. The summed E-state index contributed by atoms with van der Waals surface area (Å²) in [4.78, 5) is 2.38. The monoisotopic (exact) mass is 206 g/mol. The fourth-order valence-electron chi connectivity index (χ4n) is 1.93. The van der Waals surface area contributed by atoms with Crippen molar-refractivity contribution in [2.75, 3.05) is 43.6 Å². The minimum Gasteiger partial charge on any atom is -0.383 e. The zero-order valence-corrected chi connectivity index (χ0v) is 9.42. The van der Waals surface area contributed by atoms with Crippen molar-refractivity contribution in [2.45, 2.75) is 6.92 Å². The minimum atomic E-state index is 0.785. The molecular weight excluding hydrogens is 188 g/mol. The SMILES string of the molecule is COCCN1CCNc2ccc(C)cc21. The van der Waals surface area contributed by atoms with E-state index in [0.29, 0.717) is 0 Å². The molecule has 2 rings (SSSR count). The van der Waals surface area contributed by atoms with Crippen LogP contribution >= 0.6 is 0 Å². The fourth-order valence-corrected chi connectivity index (χ4v) is 1.93. The Bertz CT molecular complexity index is 338. The van der Waals surface area contributed by atoms with E-state index in [1.807, 2.05) is 0 Å². The molecule has 15 heavy (non-hydrogen) atoms. The molecule has 1 aromatic rings. The summed E-state index contributed by atoms with van der Waals surface area (Å²) in [6.45, 7) is 5.95. The summed E-state index contributed by atoms with van der Waals surface area (Å²) in [7, 11) is 1.75. The highest BCUT2D eigenvalue weighted by atomic mass is 16.5. The Morgan fingerprint density at radius 3 is 3.13 bits per heavy atom. The average Bonchev–Trinajstić information content (AvgIpc) is 2.26. The number of fused-ring (bicyclic) bond motifs is 1. The first-order valence-corrected chi connectivity index (χ1v) is 5.39. The lowest BCUT2D eigenvalue weighted by molar-refractivity contribution is 0.205. The van der Waals surface area contributed by atoms with Crippen LogP contribution in [0.25, 0.3) is 0 Å². The quantitative estimate of drug-likeness (QED) is 0.817. The molecule has 0 aliphatic carbocycles. The van der Waals surface area contributed by atoms with Gasteiger partial charge in [0, 0.05) is 26.7 Å². The van der Waals surface area contributed by atoms with Gasteiger partial charge >= 0.3 is 0 Å². The van der Waals surface area contributed by atoms with E-state index >= 15 is 0 Å². The number of anilines is 2. The Labute approximate surface area is 91.0 Å². The third-order valence-corrected chi connectivity index (χ3v) is 2.76. The minimum absolute atomic E-state index is 0.785. The van der Waals surface area contributed by atoms with Crippen molar-refractivity contribution >= 4 is 11.4 Å². The molecule has 0 radical (unpaired) electrons. The maximum Gasteiger partial charge on any atom is 0.0637 e. The Balaban J connectivity index is 2.20. The third-order valence-electron chi connectivity index (χ3n) is 2.76. The van der Waals surface area contributed by atoms with Gasteiger partial charge in [-0.15, -0.1) is 0 Å². The van der Waals surface area contributed by atoms with Gasteiger partial charge in [0.05, 0.1) is 18.0 Å². The average molecular weight is 206 g/mol. The highest BCUT2D eigenvalue weighted by Gasteiger charge is 2.15. The zero-order chi connectivity index (χ0) is 10.7. The molecule has 1 aliphatic heterocycles. The highest BCUT2D eigenvalue weighted by molar-refractivity contribution is 5.72. The van der Waals surface area contributed by atoms with Crippen LogP contribution in [0.1, 0.15) is 5.56 Å². The van der Waals surface area contributed by atoms with Crippen LogP contribution in [-0.4, -0.2) is 33.4 Å². The lowest BCUT2D eigenvalue weighted by Gasteiger charge is -2.32. The van der Waals surface area contributed by atoms with Crippen LogP contribution in [0.15, 0.2) is 18.2 Å². The predicted octanol–water partition coefficient (Wildman–Crippen LogP) is 1.87. The number of rotatable bonds is 3. The smallest absolute Gasteiger partial charge is 0.0637 e. The van der Waals surface area contributed by atoms with Crippen LogP contribution in [0.3, 0.4) is 0 Å². The van der Waals surface area contributed by atoms with Crippen LogP contribution in [0, 0.1) is 6.92 Å². The Kier molecular flexibility index (Phi) is 3.11. The second-order valence-corrected chi connectivity index (χ2v) is 3.93. The van der Waals surface area contributed by atoms with Gasteiger partial charge in [0.2, 0.25) is 0 Å². The molecule has 0 saturated heterocycles. The van der Waals surface area contributed by atoms with Gasteiger partial charge < -0.3 is 15.0 Å². The molecule has 3 nitrogen and oxygen atoms in total. The maximum atomic E-state index is 5.13. The van der Waals surface area contributed by atoms with Crippen LogP contribution < -0.4 is 10.2 Å². The molecule has 3 heteroatoms. The second kappa shape index (κ2) is 4.53. The summed E-state index contributed by atoms with van der Waals surface area (Å²) < 4.78 is 5.13. The Hall–Kier alpha value is -1.22. The van der Waals surface area contributed by atoms with E-state index in [2.05, 4.69) is 35.3 Å². The number of nitrogens with zero attached hydrogens (tertiary/aromatic N) is 1. The van der Waals surface area contributed by atoms with Crippen molar-refractivity contribution in [3.05, 3.63) is 23.8 Å². The van der Waals surface area contributed by atoms with Gasteiger partial charge in [-0.05, 0) is 24.6 Å². The zero-order valence-electron chi connectivity index (χ0n) is 9.42. The van der Waals surface area contributed by atoms with Gasteiger partial charge in [0.1, 0.15) is 0 Å². The summed E-state index contributed by atoms with van der Waals surface area (Å²) in [6.07, 6.45) is 0. The molecule has 0 aromatic heterocycles. The molecule has 1 aromatic carbocycles. The third kappa shape index (κ3) is 2.23. The molecule has 82 valence electrons. The molecule has 1 aliphatic rings. The van der Waals surface area contributed by atoms with E-state index < -0.39 is 0 Å². The van der Waals surface area contributed by atoms with Crippen LogP contribution in [-0.2, 0) is 4.74 Å². The summed E-state index contributed by atoms with van der Waals surface area (Å²) in [6, 6.07) is 6.53. The van der Waals surface area contributed by atoms with E-state index in [1.165, 1.54) is 16.9 Å². The molecule has 1 N–H and O–H groups in total. The van der Waals surface area contributed by atoms with Gasteiger partial charge in [-0.1, -0.05) is 6.07 Å². The van der Waals surface area contributed by atoms with Gasteiger partial charge in [-0.25, -0.2) is 0 Å². The molecule has 0 atom stereocenters. The first kappa shape index (κ1) is 10.3. The second-order valence-electron chi connectivity index (χ2n) is 3.93. The van der Waals surface area contributed by atoms with E-state index in [9.17, 15) is 0 Å². The number of ether oxygens (including phenoxy) is 1. The molecule has 0 amide bonds. The van der Waals surface area contributed by atoms with Crippen molar-refractivity contribution in [2.24, 2.45) is 0 Å². The summed E-state index contributed by atoms with van der Waals surface area (Å²) in [5.74, 6) is 0. The van der Waals surface area contributed by atoms with Gasteiger partial charge in [-0.3, -0.25) is 0 Å². The van der Waals surface area contributed by atoms with E-state index in [4.69, 9.17) is 4.74 Å². The van der Waals surface area contributed by atoms with Crippen molar-refractivity contribution in [3.63, 3.8) is 0 Å². The van der Waals surface area contributed by atoms with E-state index in [1.54, 1.807) is 7.11 Å². The Morgan fingerprint density at radius 1 is 1.47 bits per heavy atom. The van der Waals surface area contributed by atoms with Crippen LogP contribution in [0.5, 0.6) is 0 Å². The lowest BCUT2D eigenvalue weighted by Crippen LogP contribution is -2.36. The lowest BCUT2D eigenvalue weighted by atomic mass is 10.1. The number of aryl methyl sites for hydroxylation is 1. The molecule has 0 saturated carbocycles. The molecule has 0 spiro atoms. The molecule has 1 heterocycles. The van der Waals surface area contributed by atoms with Gasteiger partial charge in [0.15, 0.2) is 0 Å². The van der Waals surface area contributed by atoms with Crippen molar-refractivity contribution in [1.82, 2.24) is 0 Å². The predicted molar refractivity (Wildman–Crippen MR) is 63.8 cm³/mol. The molecule has 0 unspecified atom stereocenters. The largest absolute Gasteiger partial charge is 0.383 e. The molecular formula is C12H18N2O. The summed E-state index contributed by atoms with van der Waals surface area (Å²) >= 11 is 0. The Morgan fingerprint density at radius 2 is 2.33 bits per heavy atom. The summed E-state index contributed by atoms with van der Waals surface area (Å²) in [5, 5.41) is 3.41. The highest BCUT2D eigenvalue weighted by Crippen LogP contribution is 2.29. The van der Waals surface area contributed by atoms with Crippen molar-refractivity contribution in [1.29, 1.82) is 0 Å². The van der Waals surface area contributed by atoms with E-state index in [0.717, 1.165) is 26.2 Å². The number of nitrogens with one attached hydrogen (secondary N) is 1. The normalized spacial score (nSPS) is 14.7. The van der Waals surface area contributed by atoms with Crippen molar-refractivity contribution in [3.8, 4) is 0 Å². The molecule has 0 bridgehead atoms. The van der Waals surface area contributed by atoms with Crippen LogP contribution in [0.2, 0.25) is 0 Å². The van der Waals surface area contributed by atoms with Crippen LogP contribution in [0.4, 0.5) is 11.4 Å². The maximum absolute atomic E-state index is 5.13. The number of benzene rings is 1. The van der Waals surface area contributed by atoms with Crippen molar-refractivity contribution < 1.29 is 4.74 Å². The van der Waals surface area contributed by atoms with E-state index in [-0.39, 0.29) is 0 Å². The fraction of sp³-hybridized carbons (Fsp3) is 0.500. The number of methoxy groups -OCH3 is 1. The first-order valence-electron chi connectivity index (χ1n) is 5.39. The number of hydrogen-bond acceptors (Lipinski definition) is 3. The van der Waals surface area contributed by atoms with Gasteiger partial charge in [0.25, 0.3) is 0 Å². The molecule has 0 fully saturated rings. The summed E-state index contributed by atoms with van der Waals surface area (Å²) in [5.41, 5.74) is 3.85. The topological polar surface area (TPSA) is 24.5 Å².